The summed E-state index contributed by atoms with van der Waals surface area (Å²) in [7, 11) is 0. The van der Waals surface area contributed by atoms with Crippen molar-refractivity contribution >= 4 is 22.5 Å². The van der Waals surface area contributed by atoms with Gasteiger partial charge in [-0.2, -0.15) is 0 Å². The van der Waals surface area contributed by atoms with Crippen molar-refractivity contribution in [2.45, 2.75) is 19.8 Å². The van der Waals surface area contributed by atoms with E-state index in [2.05, 4.69) is 10.3 Å². The Kier molecular flexibility index (Phi) is 5.06. The molecule has 1 aromatic heterocycles. The van der Waals surface area contributed by atoms with Crippen molar-refractivity contribution in [3.63, 3.8) is 0 Å². The highest BCUT2D eigenvalue weighted by Gasteiger charge is 2.06. The Hall–Kier alpha value is -2.88. The number of para-hydroxylation sites is 1. The number of nitrogens with zero attached hydrogens (tertiary/aromatic N) is 1. The SMILES string of the molecule is Cc1cccc(OCCCC(=O)Nc2cccc3cccnc23)c1. The number of pyridine rings is 1. The molecule has 0 aliphatic rings. The van der Waals surface area contributed by atoms with Crippen LogP contribution in [0.1, 0.15) is 18.4 Å². The molecule has 0 aliphatic carbocycles. The Morgan fingerprint density at radius 2 is 1.96 bits per heavy atom. The molecule has 0 bridgehead atoms. The van der Waals surface area contributed by atoms with Gasteiger partial charge in [0.15, 0.2) is 0 Å². The van der Waals surface area contributed by atoms with Crippen LogP contribution in [0.4, 0.5) is 5.69 Å². The lowest BCUT2D eigenvalue weighted by Gasteiger charge is -2.09. The molecule has 0 unspecified atom stereocenters. The maximum absolute atomic E-state index is 12.1. The van der Waals surface area contributed by atoms with Crippen molar-refractivity contribution in [1.29, 1.82) is 0 Å². The van der Waals surface area contributed by atoms with E-state index in [-0.39, 0.29) is 5.91 Å². The van der Waals surface area contributed by atoms with Crippen molar-refractivity contribution in [3.05, 3.63) is 66.4 Å². The maximum atomic E-state index is 12.1. The minimum absolute atomic E-state index is 0.0269. The Labute approximate surface area is 141 Å². The highest BCUT2D eigenvalue weighted by molar-refractivity contribution is 6.00. The van der Waals surface area contributed by atoms with E-state index in [1.165, 1.54) is 0 Å². The standard InChI is InChI=1S/C20H20N2O2/c1-15-6-2-9-17(14-15)24-13-5-11-19(23)22-18-10-3-7-16-8-4-12-21-20(16)18/h2-4,6-10,12,14H,5,11,13H2,1H3,(H,22,23). The first-order chi connectivity index (χ1) is 11.7. The molecule has 1 N–H and O–H groups in total. The van der Waals surface area contributed by atoms with E-state index in [9.17, 15) is 4.79 Å². The molecule has 4 nitrogen and oxygen atoms in total. The van der Waals surface area contributed by atoms with E-state index in [1.54, 1.807) is 6.20 Å². The number of hydrogen-bond acceptors (Lipinski definition) is 3. The molecule has 1 heterocycles. The molecular weight excluding hydrogens is 300 g/mol. The highest BCUT2D eigenvalue weighted by atomic mass is 16.5. The van der Waals surface area contributed by atoms with Crippen molar-refractivity contribution in [3.8, 4) is 5.75 Å². The van der Waals surface area contributed by atoms with Crippen LogP contribution in [0, 0.1) is 6.92 Å². The van der Waals surface area contributed by atoms with Gasteiger partial charge in [-0.25, -0.2) is 0 Å². The number of nitrogens with one attached hydrogen (secondary N) is 1. The molecule has 122 valence electrons. The Morgan fingerprint density at radius 1 is 1.12 bits per heavy atom. The van der Waals surface area contributed by atoms with E-state index in [0.717, 1.165) is 27.9 Å². The van der Waals surface area contributed by atoms with E-state index in [1.807, 2.05) is 61.5 Å². The first-order valence-electron chi connectivity index (χ1n) is 8.05. The second-order valence-corrected chi connectivity index (χ2v) is 5.70. The fourth-order valence-electron chi connectivity index (χ4n) is 2.55. The van der Waals surface area contributed by atoms with Gasteiger partial charge in [0.25, 0.3) is 0 Å². The van der Waals surface area contributed by atoms with Crippen LogP contribution in [0.15, 0.2) is 60.8 Å². The number of benzene rings is 2. The summed E-state index contributed by atoms with van der Waals surface area (Å²) in [5, 5.41) is 3.95. The minimum atomic E-state index is -0.0269. The topological polar surface area (TPSA) is 51.2 Å². The van der Waals surface area contributed by atoms with Gasteiger partial charge in [-0.15, -0.1) is 0 Å². The van der Waals surface area contributed by atoms with Crippen LogP contribution in [0.3, 0.4) is 0 Å². The zero-order valence-corrected chi connectivity index (χ0v) is 13.7. The van der Waals surface area contributed by atoms with Crippen LogP contribution in [-0.4, -0.2) is 17.5 Å². The summed E-state index contributed by atoms with van der Waals surface area (Å²) in [5.74, 6) is 0.814. The summed E-state index contributed by atoms with van der Waals surface area (Å²) >= 11 is 0. The van der Waals surface area contributed by atoms with Gasteiger partial charge in [-0.1, -0.05) is 30.3 Å². The third kappa shape index (κ3) is 4.10. The van der Waals surface area contributed by atoms with Crippen LogP contribution in [0.5, 0.6) is 5.75 Å². The molecular formula is C20H20N2O2. The van der Waals surface area contributed by atoms with Gasteiger partial charge in [0.1, 0.15) is 5.75 Å². The molecule has 0 atom stereocenters. The monoisotopic (exact) mass is 320 g/mol. The van der Waals surface area contributed by atoms with E-state index in [0.29, 0.717) is 19.4 Å². The van der Waals surface area contributed by atoms with Crippen LogP contribution >= 0.6 is 0 Å². The summed E-state index contributed by atoms with van der Waals surface area (Å²) < 4.78 is 5.67. The van der Waals surface area contributed by atoms with Crippen molar-refractivity contribution in [2.24, 2.45) is 0 Å². The van der Waals surface area contributed by atoms with Gasteiger partial charge >= 0.3 is 0 Å². The molecule has 0 fully saturated rings. The van der Waals surface area contributed by atoms with Crippen LogP contribution < -0.4 is 10.1 Å². The van der Waals surface area contributed by atoms with Crippen molar-refractivity contribution in [2.75, 3.05) is 11.9 Å². The average molecular weight is 320 g/mol. The molecule has 2 aromatic carbocycles. The summed E-state index contributed by atoms with van der Waals surface area (Å²) in [6.45, 7) is 2.54. The highest BCUT2D eigenvalue weighted by Crippen LogP contribution is 2.20. The molecule has 0 saturated carbocycles. The Balaban J connectivity index is 1.50. The molecule has 0 radical (unpaired) electrons. The number of fused-ring (bicyclic) bond motifs is 1. The fourth-order valence-corrected chi connectivity index (χ4v) is 2.55. The van der Waals surface area contributed by atoms with Gasteiger partial charge in [-0.05, 0) is 43.2 Å². The van der Waals surface area contributed by atoms with Gasteiger partial charge in [0.2, 0.25) is 5.91 Å². The zero-order valence-electron chi connectivity index (χ0n) is 13.7. The van der Waals surface area contributed by atoms with Gasteiger partial charge < -0.3 is 10.1 Å². The predicted octanol–water partition coefficient (Wildman–Crippen LogP) is 4.34. The Bertz CT molecular complexity index is 840. The molecule has 0 saturated heterocycles. The smallest absolute Gasteiger partial charge is 0.224 e. The number of aryl methyl sites for hydroxylation is 1. The van der Waals surface area contributed by atoms with E-state index in [4.69, 9.17) is 4.74 Å². The largest absolute Gasteiger partial charge is 0.494 e. The van der Waals surface area contributed by atoms with Crippen LogP contribution in [0.25, 0.3) is 10.9 Å². The van der Waals surface area contributed by atoms with Crippen LogP contribution in [0.2, 0.25) is 0 Å². The average Bonchev–Trinajstić information content (AvgIpc) is 2.59. The Morgan fingerprint density at radius 3 is 2.83 bits per heavy atom. The van der Waals surface area contributed by atoms with Gasteiger partial charge in [0.05, 0.1) is 17.8 Å². The molecule has 0 spiro atoms. The number of hydrogen-bond donors (Lipinski definition) is 1. The van der Waals surface area contributed by atoms with E-state index < -0.39 is 0 Å². The molecule has 0 aliphatic heterocycles. The van der Waals surface area contributed by atoms with Crippen molar-refractivity contribution in [1.82, 2.24) is 4.98 Å². The predicted molar refractivity (Wildman–Crippen MR) is 96.3 cm³/mol. The lowest BCUT2D eigenvalue weighted by Crippen LogP contribution is -2.13. The lowest BCUT2D eigenvalue weighted by molar-refractivity contribution is -0.116. The minimum Gasteiger partial charge on any atom is -0.494 e. The number of anilines is 1. The fraction of sp³-hybridized carbons (Fsp3) is 0.200. The number of rotatable bonds is 6. The molecule has 3 aromatic rings. The maximum Gasteiger partial charge on any atom is 0.224 e. The molecule has 3 rings (SSSR count). The summed E-state index contributed by atoms with van der Waals surface area (Å²) in [6.07, 6.45) is 2.81. The summed E-state index contributed by atoms with van der Waals surface area (Å²) in [4.78, 5) is 16.5. The summed E-state index contributed by atoms with van der Waals surface area (Å²) in [5.41, 5.74) is 2.72. The number of aromatic nitrogens is 1. The lowest BCUT2D eigenvalue weighted by atomic mass is 10.2. The summed E-state index contributed by atoms with van der Waals surface area (Å²) in [6, 6.07) is 17.5. The van der Waals surface area contributed by atoms with E-state index >= 15 is 0 Å². The normalized spacial score (nSPS) is 10.5. The zero-order chi connectivity index (χ0) is 16.8. The quantitative estimate of drug-likeness (QED) is 0.687. The van der Waals surface area contributed by atoms with Gasteiger partial charge in [-0.3, -0.25) is 9.78 Å². The second-order valence-electron chi connectivity index (χ2n) is 5.70. The second kappa shape index (κ2) is 7.59. The molecule has 4 heteroatoms. The van der Waals surface area contributed by atoms with Crippen molar-refractivity contribution < 1.29 is 9.53 Å². The van der Waals surface area contributed by atoms with Crippen LogP contribution in [-0.2, 0) is 4.79 Å². The third-order valence-corrected chi connectivity index (χ3v) is 3.71. The number of carbonyl (C=O) groups excluding carboxylic acids is 1. The first-order valence-corrected chi connectivity index (χ1v) is 8.05. The molecule has 24 heavy (non-hydrogen) atoms. The van der Waals surface area contributed by atoms with Gasteiger partial charge in [0, 0.05) is 18.0 Å². The third-order valence-electron chi connectivity index (χ3n) is 3.71. The number of amides is 1. The molecule has 1 amide bonds. The first kappa shape index (κ1) is 16.0. The number of ether oxygens (including phenoxy) is 1. The number of carbonyl (C=O) groups is 1.